The summed E-state index contributed by atoms with van der Waals surface area (Å²) in [7, 11) is 0. The summed E-state index contributed by atoms with van der Waals surface area (Å²) in [4.78, 5) is 7.22. The molecule has 0 radical (unpaired) electrons. The fraction of sp³-hybridized carbons (Fsp3) is 0.650. The highest BCUT2D eigenvalue weighted by Crippen LogP contribution is 2.09. The van der Waals surface area contributed by atoms with Crippen LogP contribution in [0.25, 0.3) is 0 Å². The minimum absolute atomic E-state index is 0.217. The normalized spacial score (nSPS) is 19.2. The standard InChI is InChI=1S/C20H34N4O/c1-5-21-20(22-12-18-9-7-6-8-17(18)4)23-13-19-15-24(10-11-25-19)14-16(2)3/h6-9,16,19H,5,10-15H2,1-4H3,(H2,21,22,23). The topological polar surface area (TPSA) is 48.9 Å². The van der Waals surface area contributed by atoms with Crippen molar-refractivity contribution in [2.75, 3.05) is 39.3 Å². The Bertz CT molecular complexity index is 544. The number of benzene rings is 1. The lowest BCUT2D eigenvalue weighted by molar-refractivity contribution is -0.0284. The summed E-state index contributed by atoms with van der Waals surface area (Å²) in [5.41, 5.74) is 2.54. The zero-order valence-corrected chi connectivity index (χ0v) is 16.2. The third kappa shape index (κ3) is 7.04. The Morgan fingerprint density at radius 3 is 2.84 bits per heavy atom. The summed E-state index contributed by atoms with van der Waals surface area (Å²) in [6.45, 7) is 15.1. The highest BCUT2D eigenvalue weighted by atomic mass is 16.5. The van der Waals surface area contributed by atoms with E-state index in [1.54, 1.807) is 0 Å². The summed E-state index contributed by atoms with van der Waals surface area (Å²) >= 11 is 0. The molecule has 0 spiro atoms. The molecule has 2 N–H and O–H groups in total. The van der Waals surface area contributed by atoms with Crippen molar-refractivity contribution in [3.63, 3.8) is 0 Å². The van der Waals surface area contributed by atoms with Crippen LogP contribution in [0.3, 0.4) is 0 Å². The van der Waals surface area contributed by atoms with Crippen LogP contribution in [0.15, 0.2) is 29.3 Å². The lowest BCUT2D eigenvalue weighted by atomic mass is 10.1. The van der Waals surface area contributed by atoms with E-state index in [0.29, 0.717) is 12.5 Å². The van der Waals surface area contributed by atoms with E-state index >= 15 is 0 Å². The van der Waals surface area contributed by atoms with E-state index in [1.165, 1.54) is 11.1 Å². The first-order valence-corrected chi connectivity index (χ1v) is 9.49. The third-order valence-electron chi connectivity index (χ3n) is 4.36. The Morgan fingerprint density at radius 1 is 1.32 bits per heavy atom. The van der Waals surface area contributed by atoms with Gasteiger partial charge >= 0.3 is 0 Å². The molecule has 5 heteroatoms. The van der Waals surface area contributed by atoms with Crippen LogP contribution in [0.4, 0.5) is 0 Å². The zero-order valence-electron chi connectivity index (χ0n) is 16.2. The third-order valence-corrected chi connectivity index (χ3v) is 4.36. The molecule has 1 aliphatic heterocycles. The number of guanidine groups is 1. The van der Waals surface area contributed by atoms with Crippen LogP contribution in [0, 0.1) is 12.8 Å². The fourth-order valence-electron chi connectivity index (χ4n) is 3.09. The van der Waals surface area contributed by atoms with Crippen LogP contribution in [0.2, 0.25) is 0 Å². The Hall–Kier alpha value is -1.59. The molecule has 1 saturated heterocycles. The van der Waals surface area contributed by atoms with Crippen molar-refractivity contribution >= 4 is 5.96 Å². The van der Waals surface area contributed by atoms with E-state index in [2.05, 4.69) is 67.5 Å². The van der Waals surface area contributed by atoms with Gasteiger partial charge in [-0.1, -0.05) is 38.1 Å². The van der Waals surface area contributed by atoms with Crippen LogP contribution in [0.1, 0.15) is 31.9 Å². The van der Waals surface area contributed by atoms with Crippen LogP contribution in [-0.4, -0.2) is 56.3 Å². The molecular weight excluding hydrogens is 312 g/mol. The largest absolute Gasteiger partial charge is 0.374 e. The maximum absolute atomic E-state index is 5.91. The first kappa shape index (κ1) is 19.7. The van der Waals surface area contributed by atoms with Crippen LogP contribution >= 0.6 is 0 Å². The number of nitrogens with zero attached hydrogens (tertiary/aromatic N) is 2. The van der Waals surface area contributed by atoms with Gasteiger partial charge in [-0.15, -0.1) is 0 Å². The van der Waals surface area contributed by atoms with Crippen molar-refractivity contribution in [3.05, 3.63) is 35.4 Å². The molecule has 0 aromatic heterocycles. The quantitative estimate of drug-likeness (QED) is 0.588. The van der Waals surface area contributed by atoms with Crippen molar-refractivity contribution in [1.82, 2.24) is 15.5 Å². The summed E-state index contributed by atoms with van der Waals surface area (Å²) in [6, 6.07) is 8.40. The molecule has 2 rings (SSSR count). The number of ether oxygens (including phenoxy) is 1. The van der Waals surface area contributed by atoms with Crippen LogP contribution < -0.4 is 10.6 Å². The van der Waals surface area contributed by atoms with Gasteiger partial charge in [0.2, 0.25) is 0 Å². The highest BCUT2D eigenvalue weighted by Gasteiger charge is 2.21. The average molecular weight is 347 g/mol. The van der Waals surface area contributed by atoms with Gasteiger partial charge in [-0.05, 0) is 30.9 Å². The zero-order chi connectivity index (χ0) is 18.1. The molecule has 0 saturated carbocycles. The molecule has 0 aliphatic carbocycles. The van der Waals surface area contributed by atoms with E-state index in [-0.39, 0.29) is 6.10 Å². The molecule has 0 amide bonds. The number of hydrogen-bond acceptors (Lipinski definition) is 3. The number of morpholine rings is 1. The van der Waals surface area contributed by atoms with E-state index in [1.807, 2.05) is 0 Å². The summed E-state index contributed by atoms with van der Waals surface area (Å²) < 4.78 is 5.91. The Balaban J connectivity index is 1.86. The van der Waals surface area contributed by atoms with E-state index in [4.69, 9.17) is 9.73 Å². The number of rotatable bonds is 7. The second-order valence-corrected chi connectivity index (χ2v) is 7.15. The minimum atomic E-state index is 0.217. The lowest BCUT2D eigenvalue weighted by Crippen LogP contribution is -2.50. The second-order valence-electron chi connectivity index (χ2n) is 7.15. The molecule has 0 bridgehead atoms. The summed E-state index contributed by atoms with van der Waals surface area (Å²) in [6.07, 6.45) is 0.217. The maximum Gasteiger partial charge on any atom is 0.191 e. The van der Waals surface area contributed by atoms with Crippen molar-refractivity contribution in [3.8, 4) is 0 Å². The second kappa shape index (κ2) is 10.4. The number of hydrogen-bond donors (Lipinski definition) is 2. The van der Waals surface area contributed by atoms with Gasteiger partial charge < -0.3 is 15.4 Å². The van der Waals surface area contributed by atoms with Gasteiger partial charge in [0.15, 0.2) is 5.96 Å². The lowest BCUT2D eigenvalue weighted by Gasteiger charge is -2.34. The Morgan fingerprint density at radius 2 is 2.12 bits per heavy atom. The van der Waals surface area contributed by atoms with E-state index in [0.717, 1.165) is 45.3 Å². The molecule has 1 aliphatic rings. The van der Waals surface area contributed by atoms with Gasteiger partial charge in [-0.25, -0.2) is 4.99 Å². The first-order valence-electron chi connectivity index (χ1n) is 9.49. The highest BCUT2D eigenvalue weighted by molar-refractivity contribution is 5.79. The van der Waals surface area contributed by atoms with E-state index < -0.39 is 0 Å². The molecule has 1 aromatic carbocycles. The van der Waals surface area contributed by atoms with Gasteiger partial charge in [0, 0.05) is 32.7 Å². The van der Waals surface area contributed by atoms with Crippen LogP contribution in [0.5, 0.6) is 0 Å². The number of nitrogens with one attached hydrogen (secondary N) is 2. The van der Waals surface area contributed by atoms with Crippen molar-refractivity contribution in [1.29, 1.82) is 0 Å². The fourth-order valence-corrected chi connectivity index (χ4v) is 3.09. The molecular formula is C20H34N4O. The summed E-state index contributed by atoms with van der Waals surface area (Å²) in [5, 5.41) is 6.77. The van der Waals surface area contributed by atoms with Gasteiger partial charge in [0.25, 0.3) is 0 Å². The molecule has 25 heavy (non-hydrogen) atoms. The Labute approximate surface area is 152 Å². The van der Waals surface area contributed by atoms with Gasteiger partial charge in [-0.2, -0.15) is 0 Å². The molecule has 1 atom stereocenters. The van der Waals surface area contributed by atoms with Crippen LogP contribution in [-0.2, 0) is 11.3 Å². The van der Waals surface area contributed by atoms with Gasteiger partial charge in [-0.3, -0.25) is 4.90 Å². The Kier molecular flexibility index (Phi) is 8.22. The first-order chi connectivity index (χ1) is 12.1. The molecule has 1 fully saturated rings. The van der Waals surface area contributed by atoms with Crippen molar-refractivity contribution in [2.24, 2.45) is 10.9 Å². The monoisotopic (exact) mass is 346 g/mol. The SMILES string of the molecule is CCNC(=NCc1ccccc1C)NCC1CN(CC(C)C)CCO1. The van der Waals surface area contributed by atoms with Crippen molar-refractivity contribution < 1.29 is 4.74 Å². The average Bonchev–Trinajstić information content (AvgIpc) is 2.58. The number of aliphatic imine (C=N–C) groups is 1. The smallest absolute Gasteiger partial charge is 0.191 e. The predicted molar refractivity (Wildman–Crippen MR) is 105 cm³/mol. The molecule has 1 aromatic rings. The summed E-state index contributed by atoms with van der Waals surface area (Å²) in [5.74, 6) is 1.55. The maximum atomic E-state index is 5.91. The molecule has 140 valence electrons. The van der Waals surface area contributed by atoms with E-state index in [9.17, 15) is 0 Å². The number of aryl methyl sites for hydroxylation is 1. The minimum Gasteiger partial charge on any atom is -0.374 e. The predicted octanol–water partition coefficient (Wildman–Crippen LogP) is 2.41. The molecule has 1 unspecified atom stereocenters. The van der Waals surface area contributed by atoms with Crippen molar-refractivity contribution in [2.45, 2.75) is 40.3 Å². The molecule has 5 nitrogen and oxygen atoms in total. The van der Waals surface area contributed by atoms with Gasteiger partial charge in [0.1, 0.15) is 0 Å². The molecule has 1 heterocycles. The van der Waals surface area contributed by atoms with Gasteiger partial charge in [0.05, 0.1) is 19.3 Å².